The van der Waals surface area contributed by atoms with Gasteiger partial charge in [-0.1, -0.05) is 0 Å². The predicted molar refractivity (Wildman–Crippen MR) is 81.7 cm³/mol. The van der Waals surface area contributed by atoms with Gasteiger partial charge >= 0.3 is 5.97 Å². The number of carboxylic acid groups (broad SMARTS) is 1. The largest absolute Gasteiger partial charge is 0.493 e. The Hall–Kier alpha value is -1.95. The molecule has 1 aliphatic heterocycles. The summed E-state index contributed by atoms with van der Waals surface area (Å²) in [6, 6.07) is 3.83. The first kappa shape index (κ1) is 16.4. The lowest BCUT2D eigenvalue weighted by Crippen LogP contribution is -2.28. The van der Waals surface area contributed by atoms with E-state index in [0.29, 0.717) is 50.0 Å². The molecule has 6 nitrogen and oxygen atoms in total. The van der Waals surface area contributed by atoms with Crippen molar-refractivity contribution in [2.75, 3.05) is 26.9 Å². The van der Waals surface area contributed by atoms with Crippen molar-refractivity contribution in [1.29, 1.82) is 0 Å². The van der Waals surface area contributed by atoms with Crippen LogP contribution in [0.3, 0.4) is 0 Å². The minimum Gasteiger partial charge on any atom is -0.493 e. The van der Waals surface area contributed by atoms with Gasteiger partial charge in [-0.05, 0) is 44.5 Å². The first-order valence-electron chi connectivity index (χ1n) is 7.34. The molecule has 0 fully saturated rings. The summed E-state index contributed by atoms with van der Waals surface area (Å²) < 4.78 is 16.5. The molecule has 6 heteroatoms. The van der Waals surface area contributed by atoms with E-state index in [1.807, 2.05) is 12.1 Å². The molecule has 0 bridgehead atoms. The van der Waals surface area contributed by atoms with Crippen LogP contribution in [0.15, 0.2) is 12.1 Å². The summed E-state index contributed by atoms with van der Waals surface area (Å²) in [5.74, 6) is 1.20. The lowest BCUT2D eigenvalue weighted by Gasteiger charge is -2.22. The topological polar surface area (TPSA) is 77.0 Å². The number of methoxy groups -OCH3 is 1. The van der Waals surface area contributed by atoms with E-state index in [1.54, 1.807) is 21.0 Å². The molecule has 1 aromatic carbocycles. The van der Waals surface area contributed by atoms with Gasteiger partial charge in [0, 0.05) is 6.54 Å². The van der Waals surface area contributed by atoms with E-state index in [4.69, 9.17) is 19.3 Å². The molecule has 0 aromatic heterocycles. The third-order valence-corrected chi connectivity index (χ3v) is 3.72. The van der Waals surface area contributed by atoms with Gasteiger partial charge in [0.25, 0.3) is 0 Å². The van der Waals surface area contributed by atoms with E-state index in [-0.39, 0.29) is 0 Å². The molecule has 2 N–H and O–H groups in total. The first-order chi connectivity index (χ1) is 10.4. The number of carboxylic acids is 1. The summed E-state index contributed by atoms with van der Waals surface area (Å²) in [5.41, 5.74) is 0.284. The maximum absolute atomic E-state index is 11.1. The molecule has 122 valence electrons. The van der Waals surface area contributed by atoms with Crippen LogP contribution in [-0.2, 0) is 11.3 Å². The average Bonchev–Trinajstić information content (AvgIpc) is 2.50. The zero-order valence-corrected chi connectivity index (χ0v) is 13.3. The SMILES string of the molecule is COc1cc(CNCCC(C)(C)C(=O)O)cc2c1OCCO2. The number of fused-ring (bicyclic) bond motifs is 1. The van der Waals surface area contributed by atoms with Gasteiger partial charge in [-0.15, -0.1) is 0 Å². The van der Waals surface area contributed by atoms with Gasteiger partial charge in [0.05, 0.1) is 12.5 Å². The third kappa shape index (κ3) is 3.82. The van der Waals surface area contributed by atoms with Crippen LogP contribution in [0.1, 0.15) is 25.8 Å². The van der Waals surface area contributed by atoms with Crippen LogP contribution in [0, 0.1) is 5.41 Å². The van der Waals surface area contributed by atoms with Gasteiger partial charge in [-0.3, -0.25) is 4.79 Å². The van der Waals surface area contributed by atoms with Crippen LogP contribution in [0.4, 0.5) is 0 Å². The van der Waals surface area contributed by atoms with Crippen molar-refractivity contribution < 1.29 is 24.1 Å². The van der Waals surface area contributed by atoms with Gasteiger partial charge in [0.2, 0.25) is 5.75 Å². The monoisotopic (exact) mass is 309 g/mol. The average molecular weight is 309 g/mol. The fourth-order valence-electron chi connectivity index (χ4n) is 2.17. The van der Waals surface area contributed by atoms with Crippen molar-refractivity contribution in [2.45, 2.75) is 26.8 Å². The number of ether oxygens (including phenoxy) is 3. The normalized spacial score (nSPS) is 13.8. The molecular formula is C16H23NO5. The van der Waals surface area contributed by atoms with Crippen LogP contribution in [0.2, 0.25) is 0 Å². The molecule has 1 heterocycles. The predicted octanol–water partition coefficient (Wildman–Crippen LogP) is 2.06. The number of carbonyl (C=O) groups is 1. The van der Waals surface area contributed by atoms with E-state index in [9.17, 15) is 4.79 Å². The number of nitrogens with one attached hydrogen (secondary N) is 1. The van der Waals surface area contributed by atoms with E-state index in [1.165, 1.54) is 0 Å². The van der Waals surface area contributed by atoms with Crippen molar-refractivity contribution >= 4 is 5.97 Å². The number of hydrogen-bond donors (Lipinski definition) is 2. The lowest BCUT2D eigenvalue weighted by molar-refractivity contribution is -0.147. The summed E-state index contributed by atoms with van der Waals surface area (Å²) in [7, 11) is 1.60. The standard InChI is InChI=1S/C16H23NO5/c1-16(2,15(18)19)4-5-17-10-11-8-12(20-3)14-13(9-11)21-6-7-22-14/h8-9,17H,4-7,10H2,1-3H3,(H,18,19). The van der Waals surface area contributed by atoms with Gasteiger partial charge in [0.1, 0.15) is 13.2 Å². The fraction of sp³-hybridized carbons (Fsp3) is 0.562. The van der Waals surface area contributed by atoms with Crippen molar-refractivity contribution in [3.63, 3.8) is 0 Å². The highest BCUT2D eigenvalue weighted by Crippen LogP contribution is 2.40. The molecule has 0 radical (unpaired) electrons. The molecule has 22 heavy (non-hydrogen) atoms. The van der Waals surface area contributed by atoms with Gasteiger partial charge in [-0.2, -0.15) is 0 Å². The van der Waals surface area contributed by atoms with Crippen LogP contribution >= 0.6 is 0 Å². The summed E-state index contributed by atoms with van der Waals surface area (Å²) >= 11 is 0. The van der Waals surface area contributed by atoms with E-state index >= 15 is 0 Å². The Labute approximate surface area is 130 Å². The zero-order chi connectivity index (χ0) is 16.2. The zero-order valence-electron chi connectivity index (χ0n) is 13.3. The maximum atomic E-state index is 11.1. The van der Waals surface area contributed by atoms with Gasteiger partial charge in [-0.25, -0.2) is 0 Å². The smallest absolute Gasteiger partial charge is 0.309 e. The molecule has 0 aliphatic carbocycles. The highest BCUT2D eigenvalue weighted by atomic mass is 16.6. The minimum atomic E-state index is -0.782. The molecule has 0 atom stereocenters. The van der Waals surface area contributed by atoms with E-state index in [0.717, 1.165) is 5.56 Å². The van der Waals surface area contributed by atoms with Crippen LogP contribution < -0.4 is 19.5 Å². The summed E-state index contributed by atoms with van der Waals surface area (Å²) in [5, 5.41) is 12.3. The van der Waals surface area contributed by atoms with Crippen LogP contribution in [-0.4, -0.2) is 37.9 Å². The third-order valence-electron chi connectivity index (χ3n) is 3.72. The highest BCUT2D eigenvalue weighted by molar-refractivity contribution is 5.73. The second-order valence-corrected chi connectivity index (χ2v) is 5.94. The van der Waals surface area contributed by atoms with Gasteiger partial charge in [0.15, 0.2) is 11.5 Å². The summed E-state index contributed by atoms with van der Waals surface area (Å²) in [6.07, 6.45) is 0.560. The van der Waals surface area contributed by atoms with Crippen LogP contribution in [0.5, 0.6) is 17.2 Å². The maximum Gasteiger partial charge on any atom is 0.309 e. The Kier molecular flexibility index (Phi) is 5.13. The molecule has 0 spiro atoms. The number of aliphatic carboxylic acids is 1. The second-order valence-electron chi connectivity index (χ2n) is 5.94. The van der Waals surface area contributed by atoms with Crippen LogP contribution in [0.25, 0.3) is 0 Å². The summed E-state index contributed by atoms with van der Waals surface area (Å²) in [6.45, 7) is 5.73. The Morgan fingerprint density at radius 3 is 2.77 bits per heavy atom. The molecule has 0 amide bonds. The van der Waals surface area contributed by atoms with E-state index < -0.39 is 11.4 Å². The summed E-state index contributed by atoms with van der Waals surface area (Å²) in [4.78, 5) is 11.1. The fourth-order valence-corrected chi connectivity index (χ4v) is 2.17. The molecule has 2 rings (SSSR count). The van der Waals surface area contributed by atoms with Crippen molar-refractivity contribution in [3.8, 4) is 17.2 Å². The van der Waals surface area contributed by atoms with Gasteiger partial charge < -0.3 is 24.6 Å². The Morgan fingerprint density at radius 2 is 2.09 bits per heavy atom. The molecule has 1 aromatic rings. The van der Waals surface area contributed by atoms with Crippen molar-refractivity contribution in [2.24, 2.45) is 5.41 Å². The number of hydrogen-bond acceptors (Lipinski definition) is 5. The second kappa shape index (κ2) is 6.87. The Bertz CT molecular complexity index is 524. The quantitative estimate of drug-likeness (QED) is 0.751. The first-order valence-corrected chi connectivity index (χ1v) is 7.34. The number of benzene rings is 1. The molecule has 0 saturated carbocycles. The molecule has 0 unspecified atom stereocenters. The highest BCUT2D eigenvalue weighted by Gasteiger charge is 2.26. The lowest BCUT2D eigenvalue weighted by atomic mass is 9.90. The minimum absolute atomic E-state index is 0.519. The van der Waals surface area contributed by atoms with E-state index in [2.05, 4.69) is 5.32 Å². The number of rotatable bonds is 7. The molecule has 0 saturated heterocycles. The van der Waals surface area contributed by atoms with Crippen molar-refractivity contribution in [3.05, 3.63) is 17.7 Å². The Balaban J connectivity index is 1.95. The molecule has 1 aliphatic rings. The Morgan fingerprint density at radius 1 is 1.36 bits per heavy atom. The van der Waals surface area contributed by atoms with Crippen molar-refractivity contribution in [1.82, 2.24) is 5.32 Å². The molecular weight excluding hydrogens is 286 g/mol.